The van der Waals surface area contributed by atoms with Crippen molar-refractivity contribution in [2.75, 3.05) is 18.5 Å². The fourth-order valence-electron chi connectivity index (χ4n) is 3.63. The number of nitrogens with zero attached hydrogens (tertiary/aromatic N) is 3. The standard InChI is InChI=1S/C26H30N6O3/c1-6-34-23-16(2)10-11-20-22(23)25(29-18-13-27-28-14-18)31-24(30-20)17-8-7-9-19(12-17)35-15-21(33)32-26(3,4)5/h7-14H,6,15H2,1-5H3,(H,27,28)(H,32,33)(H,29,30,31). The van der Waals surface area contributed by atoms with E-state index in [1.807, 2.05) is 65.0 Å². The number of fused-ring (bicyclic) bond motifs is 1. The number of anilines is 2. The van der Waals surface area contributed by atoms with E-state index >= 15 is 0 Å². The Hall–Kier alpha value is -4.14. The van der Waals surface area contributed by atoms with Crippen molar-refractivity contribution >= 4 is 28.3 Å². The molecular formula is C26H30N6O3. The molecule has 3 N–H and O–H groups in total. The van der Waals surface area contributed by atoms with Gasteiger partial charge in [-0.25, -0.2) is 9.97 Å². The van der Waals surface area contributed by atoms with Crippen LogP contribution in [0.15, 0.2) is 48.8 Å². The van der Waals surface area contributed by atoms with Gasteiger partial charge in [-0.1, -0.05) is 18.2 Å². The normalized spacial score (nSPS) is 11.3. The number of rotatable bonds is 8. The molecule has 0 saturated carbocycles. The molecule has 0 atom stereocenters. The summed E-state index contributed by atoms with van der Waals surface area (Å²) in [5, 5.41) is 13.8. The van der Waals surface area contributed by atoms with Crippen LogP contribution in [-0.2, 0) is 4.79 Å². The van der Waals surface area contributed by atoms with Crippen LogP contribution in [-0.4, -0.2) is 44.8 Å². The second kappa shape index (κ2) is 10.0. The van der Waals surface area contributed by atoms with Crippen molar-refractivity contribution in [2.45, 2.75) is 40.2 Å². The number of carbonyl (C=O) groups is 1. The van der Waals surface area contributed by atoms with Crippen LogP contribution in [0.1, 0.15) is 33.3 Å². The van der Waals surface area contributed by atoms with Crippen molar-refractivity contribution in [3.8, 4) is 22.9 Å². The third-order valence-electron chi connectivity index (χ3n) is 5.04. The molecule has 0 unspecified atom stereocenters. The smallest absolute Gasteiger partial charge is 0.258 e. The van der Waals surface area contributed by atoms with E-state index in [4.69, 9.17) is 19.4 Å². The first-order valence-corrected chi connectivity index (χ1v) is 11.5. The van der Waals surface area contributed by atoms with Crippen molar-refractivity contribution < 1.29 is 14.3 Å². The monoisotopic (exact) mass is 474 g/mol. The highest BCUT2D eigenvalue weighted by atomic mass is 16.5. The average Bonchev–Trinajstić information content (AvgIpc) is 3.32. The molecule has 9 nitrogen and oxygen atoms in total. The van der Waals surface area contributed by atoms with Crippen LogP contribution in [0.2, 0.25) is 0 Å². The maximum absolute atomic E-state index is 12.2. The number of aromatic nitrogens is 4. The lowest BCUT2D eigenvalue weighted by molar-refractivity contribution is -0.124. The molecule has 0 aliphatic carbocycles. The molecule has 0 saturated heterocycles. The first-order valence-electron chi connectivity index (χ1n) is 11.5. The highest BCUT2D eigenvalue weighted by Gasteiger charge is 2.18. The molecular weight excluding hydrogens is 444 g/mol. The van der Waals surface area contributed by atoms with Crippen molar-refractivity contribution in [3.05, 3.63) is 54.4 Å². The minimum absolute atomic E-state index is 0.0798. The lowest BCUT2D eigenvalue weighted by Crippen LogP contribution is -2.43. The summed E-state index contributed by atoms with van der Waals surface area (Å²) in [7, 11) is 0. The van der Waals surface area contributed by atoms with Gasteiger partial charge in [0.15, 0.2) is 12.4 Å². The SMILES string of the molecule is CCOc1c(C)ccc2nc(-c3cccc(OCC(=O)NC(C)(C)C)c3)nc(Nc3cn[nH]c3)c12. The van der Waals surface area contributed by atoms with Gasteiger partial charge in [0.1, 0.15) is 17.3 Å². The van der Waals surface area contributed by atoms with Gasteiger partial charge in [0.2, 0.25) is 0 Å². The first kappa shape index (κ1) is 24.0. The maximum atomic E-state index is 12.2. The molecule has 0 radical (unpaired) electrons. The van der Waals surface area contributed by atoms with Gasteiger partial charge in [0, 0.05) is 17.3 Å². The zero-order chi connectivity index (χ0) is 25.0. The highest BCUT2D eigenvalue weighted by Crippen LogP contribution is 2.36. The average molecular weight is 475 g/mol. The molecule has 2 aromatic carbocycles. The van der Waals surface area contributed by atoms with E-state index in [-0.39, 0.29) is 18.1 Å². The summed E-state index contributed by atoms with van der Waals surface area (Å²) in [6.45, 7) is 10.2. The van der Waals surface area contributed by atoms with Crippen molar-refractivity contribution in [2.24, 2.45) is 0 Å². The van der Waals surface area contributed by atoms with Crippen LogP contribution in [0.4, 0.5) is 11.5 Å². The lowest BCUT2D eigenvalue weighted by Gasteiger charge is -2.20. The summed E-state index contributed by atoms with van der Waals surface area (Å²) in [6.07, 6.45) is 3.43. The molecule has 0 aliphatic heterocycles. The Kier molecular flexibility index (Phi) is 6.86. The highest BCUT2D eigenvalue weighted by molar-refractivity contribution is 5.98. The number of H-pyrrole nitrogens is 1. The van der Waals surface area contributed by atoms with Crippen molar-refractivity contribution in [3.63, 3.8) is 0 Å². The number of carbonyl (C=O) groups excluding carboxylic acids is 1. The van der Waals surface area contributed by atoms with Crippen molar-refractivity contribution in [1.29, 1.82) is 0 Å². The Bertz CT molecular complexity index is 1330. The molecule has 0 bridgehead atoms. The molecule has 2 heterocycles. The zero-order valence-corrected chi connectivity index (χ0v) is 20.6. The fourth-order valence-corrected chi connectivity index (χ4v) is 3.63. The van der Waals surface area contributed by atoms with E-state index in [0.717, 1.165) is 33.5 Å². The van der Waals surface area contributed by atoms with Crippen LogP contribution in [0.5, 0.6) is 11.5 Å². The number of nitrogens with one attached hydrogen (secondary N) is 3. The van der Waals surface area contributed by atoms with E-state index < -0.39 is 0 Å². The van der Waals surface area contributed by atoms with E-state index in [0.29, 0.717) is 24.0 Å². The fraction of sp³-hybridized carbons (Fsp3) is 0.308. The first-order chi connectivity index (χ1) is 16.7. The van der Waals surface area contributed by atoms with Gasteiger partial charge in [-0.05, 0) is 58.4 Å². The summed E-state index contributed by atoms with van der Waals surface area (Å²) >= 11 is 0. The molecule has 4 aromatic rings. The van der Waals surface area contributed by atoms with Crippen LogP contribution in [0.3, 0.4) is 0 Å². The van der Waals surface area contributed by atoms with Crippen LogP contribution >= 0.6 is 0 Å². The van der Waals surface area contributed by atoms with E-state index in [9.17, 15) is 4.79 Å². The van der Waals surface area contributed by atoms with E-state index in [1.165, 1.54) is 0 Å². The van der Waals surface area contributed by atoms with Gasteiger partial charge in [0.25, 0.3) is 5.91 Å². The molecule has 9 heteroatoms. The predicted octanol–water partition coefficient (Wildman–Crippen LogP) is 4.76. The topological polar surface area (TPSA) is 114 Å². The molecule has 0 fully saturated rings. The van der Waals surface area contributed by atoms with E-state index in [1.54, 1.807) is 18.5 Å². The van der Waals surface area contributed by atoms with E-state index in [2.05, 4.69) is 20.8 Å². The minimum atomic E-state index is -0.321. The second-order valence-corrected chi connectivity index (χ2v) is 9.16. The van der Waals surface area contributed by atoms with Crippen LogP contribution < -0.4 is 20.1 Å². The largest absolute Gasteiger partial charge is 0.493 e. The Morgan fingerprint density at radius 2 is 1.94 bits per heavy atom. The molecule has 4 rings (SSSR count). The lowest BCUT2D eigenvalue weighted by atomic mass is 10.1. The molecule has 2 aromatic heterocycles. The molecule has 0 aliphatic rings. The Labute approximate surface area is 204 Å². The predicted molar refractivity (Wildman–Crippen MR) is 136 cm³/mol. The van der Waals surface area contributed by atoms with Gasteiger partial charge >= 0.3 is 0 Å². The number of hydrogen-bond acceptors (Lipinski definition) is 7. The number of benzene rings is 2. The third kappa shape index (κ3) is 5.87. The molecule has 1 amide bonds. The minimum Gasteiger partial charge on any atom is -0.493 e. The van der Waals surface area contributed by atoms with Gasteiger partial charge < -0.3 is 20.1 Å². The number of ether oxygens (including phenoxy) is 2. The quantitative estimate of drug-likeness (QED) is 0.337. The number of aryl methyl sites for hydroxylation is 1. The molecule has 0 spiro atoms. The van der Waals surface area contributed by atoms with Crippen molar-refractivity contribution in [1.82, 2.24) is 25.5 Å². The summed E-state index contributed by atoms with van der Waals surface area (Å²) in [6, 6.07) is 11.3. The van der Waals surface area contributed by atoms with Gasteiger partial charge in [-0.15, -0.1) is 0 Å². The Morgan fingerprint density at radius 1 is 1.11 bits per heavy atom. The summed E-state index contributed by atoms with van der Waals surface area (Å²) in [5.41, 5.74) is 2.94. The zero-order valence-electron chi connectivity index (χ0n) is 20.6. The molecule has 35 heavy (non-hydrogen) atoms. The summed E-state index contributed by atoms with van der Waals surface area (Å²) in [5.74, 6) is 2.23. The Morgan fingerprint density at radius 3 is 2.66 bits per heavy atom. The van der Waals surface area contributed by atoms with Gasteiger partial charge in [0.05, 0.1) is 29.4 Å². The van der Waals surface area contributed by atoms with Gasteiger partial charge in [-0.2, -0.15) is 5.10 Å². The number of aromatic amines is 1. The second-order valence-electron chi connectivity index (χ2n) is 9.16. The van der Waals surface area contributed by atoms with Gasteiger partial charge in [-0.3, -0.25) is 9.89 Å². The third-order valence-corrected chi connectivity index (χ3v) is 5.04. The van der Waals surface area contributed by atoms with Crippen LogP contribution in [0.25, 0.3) is 22.3 Å². The Balaban J connectivity index is 1.71. The molecule has 182 valence electrons. The number of hydrogen-bond donors (Lipinski definition) is 3. The van der Waals surface area contributed by atoms with Crippen LogP contribution in [0, 0.1) is 6.92 Å². The number of amides is 1. The summed E-state index contributed by atoms with van der Waals surface area (Å²) < 4.78 is 11.7. The maximum Gasteiger partial charge on any atom is 0.258 e. The summed E-state index contributed by atoms with van der Waals surface area (Å²) in [4.78, 5) is 21.8.